The molecule has 0 heterocycles. The highest BCUT2D eigenvalue weighted by molar-refractivity contribution is 5.81. The molecule has 3 rings (SSSR count). The summed E-state index contributed by atoms with van der Waals surface area (Å²) in [6.45, 7) is 20.7. The van der Waals surface area contributed by atoms with E-state index in [2.05, 4.69) is 41.8 Å². The molecule has 0 saturated carbocycles. The third kappa shape index (κ3) is 23.4. The second-order valence-electron chi connectivity index (χ2n) is 15.4. The van der Waals surface area contributed by atoms with Crippen LogP contribution in [0.5, 0.6) is 0 Å². The maximum Gasteiger partial charge on any atom is 0.471 e. The Bertz CT molecular complexity index is 1610. The number of carbonyl (C=O) groups is 4. The van der Waals surface area contributed by atoms with Gasteiger partial charge in [0.2, 0.25) is 0 Å². The molecule has 13 heteroatoms. The van der Waals surface area contributed by atoms with Crippen molar-refractivity contribution < 1.29 is 46.6 Å². The summed E-state index contributed by atoms with van der Waals surface area (Å²) in [4.78, 5) is 44.4. The number of alkyl halides is 3. The van der Waals surface area contributed by atoms with E-state index in [1.807, 2.05) is 95.4 Å². The lowest BCUT2D eigenvalue weighted by Crippen LogP contribution is -2.42. The van der Waals surface area contributed by atoms with Crippen molar-refractivity contribution in [2.24, 2.45) is 0 Å². The average Bonchev–Trinajstić information content (AvgIpc) is 3.03. The summed E-state index contributed by atoms with van der Waals surface area (Å²) < 4.78 is 51.2. The Kier molecular flexibility index (Phi) is 19.5. The van der Waals surface area contributed by atoms with Crippen LogP contribution < -0.4 is 16.0 Å². The molecule has 0 unspecified atom stereocenters. The van der Waals surface area contributed by atoms with E-state index in [9.17, 15) is 32.3 Å². The Balaban J connectivity index is 0.000000414. The predicted molar refractivity (Wildman–Crippen MR) is 207 cm³/mol. The van der Waals surface area contributed by atoms with Gasteiger partial charge in [-0.15, -0.1) is 0 Å². The molecule has 0 bridgehead atoms. The molecule has 55 heavy (non-hydrogen) atoms. The molecule has 0 fully saturated rings. The molecule has 3 aromatic rings. The van der Waals surface area contributed by atoms with Gasteiger partial charge in [0, 0.05) is 18.5 Å². The number of nitrogens with one attached hydrogen (secondary N) is 3. The van der Waals surface area contributed by atoms with Gasteiger partial charge >= 0.3 is 24.3 Å². The Hall–Kier alpha value is -5.07. The van der Waals surface area contributed by atoms with Gasteiger partial charge in [-0.2, -0.15) is 13.2 Å². The van der Waals surface area contributed by atoms with Crippen molar-refractivity contribution in [1.29, 1.82) is 0 Å². The Labute approximate surface area is 323 Å². The predicted octanol–water partition coefficient (Wildman–Crippen LogP) is 8.62. The number of hydrogen-bond acceptors (Lipinski definition) is 7. The van der Waals surface area contributed by atoms with Crippen LogP contribution in [-0.2, 0) is 43.1 Å². The molecule has 0 aliphatic rings. The fraction of sp³-hybridized carbons (Fsp3) is 0.476. The van der Waals surface area contributed by atoms with E-state index in [4.69, 9.17) is 14.2 Å². The molecule has 3 N–H and O–H groups in total. The topological polar surface area (TPSA) is 132 Å². The first-order chi connectivity index (χ1) is 25.3. The normalized spacial score (nSPS) is 12.8. The molecule has 3 amide bonds. The highest BCUT2D eigenvalue weighted by Crippen LogP contribution is 2.16. The molecule has 3 aromatic carbocycles. The van der Waals surface area contributed by atoms with Crippen molar-refractivity contribution in [3.05, 3.63) is 106 Å². The first-order valence-corrected chi connectivity index (χ1v) is 18.0. The number of ether oxygens (including phenoxy) is 3. The lowest BCUT2D eigenvalue weighted by Gasteiger charge is -2.22. The summed E-state index contributed by atoms with van der Waals surface area (Å²) in [5, 5.41) is 7.28. The third-order valence-electron chi connectivity index (χ3n) is 7.16. The van der Waals surface area contributed by atoms with E-state index < -0.39 is 41.6 Å². The molecule has 10 nitrogen and oxygen atoms in total. The number of amides is 3. The first kappa shape index (κ1) is 48.0. The number of aryl methyl sites for hydroxylation is 3. The standard InChI is InChI=1S/C15H21NO4.C15H23NO2.C12H14F3NO/c1-11-5-7-12(8-6-11)9-13(19-10-17)16-14(18)20-15(2,3)4;1-11-6-8-13(9-7-11)10-12(2)16-14(17)18-15(3,4)5;1-8-3-5-10(6-4-8)7-9(2)16-11(17)12(13,14)15/h5-8,10,13H,9H2,1-4H3,(H,16,18);6-9,12H,10H2,1-5H3,(H,16,17);3-6,9H,7H2,1-2H3,(H,16,17)/t13-;12-;9-/m111/s1. The number of carbonyl (C=O) groups excluding carboxylic acids is 4. The average molecular weight is 774 g/mol. The van der Waals surface area contributed by atoms with E-state index in [1.54, 1.807) is 27.7 Å². The van der Waals surface area contributed by atoms with Gasteiger partial charge < -0.3 is 24.8 Å². The zero-order chi connectivity index (χ0) is 42.0. The van der Waals surface area contributed by atoms with Gasteiger partial charge in [0.1, 0.15) is 11.2 Å². The van der Waals surface area contributed by atoms with Crippen molar-refractivity contribution in [3.8, 4) is 0 Å². The molecule has 0 radical (unpaired) electrons. The van der Waals surface area contributed by atoms with E-state index in [-0.39, 0.29) is 12.1 Å². The minimum atomic E-state index is -4.82. The van der Waals surface area contributed by atoms with Gasteiger partial charge in [-0.05, 0) is 106 Å². The summed E-state index contributed by atoms with van der Waals surface area (Å²) in [6, 6.07) is 23.0. The van der Waals surface area contributed by atoms with E-state index >= 15 is 0 Å². The maximum absolute atomic E-state index is 12.0. The first-order valence-electron chi connectivity index (χ1n) is 18.0. The van der Waals surface area contributed by atoms with Crippen LogP contribution in [0.2, 0.25) is 0 Å². The van der Waals surface area contributed by atoms with Crippen LogP contribution in [0, 0.1) is 20.8 Å². The molecule has 0 spiro atoms. The fourth-order valence-electron chi connectivity index (χ4n) is 4.65. The lowest BCUT2D eigenvalue weighted by molar-refractivity contribution is -0.174. The molecular formula is C42H58F3N3O7. The summed E-state index contributed by atoms with van der Waals surface area (Å²) in [6.07, 6.45) is -4.97. The van der Waals surface area contributed by atoms with Crippen molar-refractivity contribution in [1.82, 2.24) is 16.0 Å². The van der Waals surface area contributed by atoms with Crippen LogP contribution in [0.25, 0.3) is 0 Å². The van der Waals surface area contributed by atoms with Crippen LogP contribution in [0.15, 0.2) is 72.8 Å². The van der Waals surface area contributed by atoms with Gasteiger partial charge in [0.05, 0.1) is 0 Å². The van der Waals surface area contributed by atoms with E-state index in [0.717, 1.165) is 28.7 Å². The largest absolute Gasteiger partial charge is 0.471 e. The highest BCUT2D eigenvalue weighted by atomic mass is 19.4. The fourth-order valence-corrected chi connectivity index (χ4v) is 4.65. The molecule has 3 atom stereocenters. The number of alkyl carbamates (subject to hydrolysis) is 2. The smallest absolute Gasteiger partial charge is 0.444 e. The highest BCUT2D eigenvalue weighted by Gasteiger charge is 2.39. The third-order valence-corrected chi connectivity index (χ3v) is 7.16. The lowest BCUT2D eigenvalue weighted by atomic mass is 10.1. The molecule has 0 aromatic heterocycles. The molecule has 0 aliphatic heterocycles. The number of hydrogen-bond donors (Lipinski definition) is 3. The number of halogens is 3. The summed E-state index contributed by atoms with van der Waals surface area (Å²) in [5.74, 6) is -1.89. The Morgan fingerprint density at radius 3 is 1.24 bits per heavy atom. The van der Waals surface area contributed by atoms with Gasteiger partial charge in [0.25, 0.3) is 6.47 Å². The van der Waals surface area contributed by atoms with Crippen LogP contribution in [-0.4, -0.2) is 60.3 Å². The van der Waals surface area contributed by atoms with Gasteiger partial charge in [0.15, 0.2) is 6.23 Å². The van der Waals surface area contributed by atoms with Crippen LogP contribution in [0.3, 0.4) is 0 Å². The monoisotopic (exact) mass is 773 g/mol. The van der Waals surface area contributed by atoms with Crippen molar-refractivity contribution in [2.75, 3.05) is 0 Å². The number of benzene rings is 3. The van der Waals surface area contributed by atoms with Gasteiger partial charge in [-0.1, -0.05) is 89.5 Å². The maximum atomic E-state index is 12.0. The van der Waals surface area contributed by atoms with Gasteiger partial charge in [-0.25, -0.2) is 9.59 Å². The second-order valence-corrected chi connectivity index (χ2v) is 15.4. The van der Waals surface area contributed by atoms with E-state index in [1.165, 1.54) is 11.1 Å². The van der Waals surface area contributed by atoms with Gasteiger partial charge in [-0.3, -0.25) is 14.9 Å². The molecule has 0 aliphatic carbocycles. The zero-order valence-corrected chi connectivity index (χ0v) is 33.9. The van der Waals surface area contributed by atoms with E-state index in [0.29, 0.717) is 19.3 Å². The van der Waals surface area contributed by atoms with Crippen LogP contribution in [0.4, 0.5) is 22.8 Å². The Morgan fingerprint density at radius 1 is 0.582 bits per heavy atom. The van der Waals surface area contributed by atoms with Crippen molar-refractivity contribution >= 4 is 24.6 Å². The van der Waals surface area contributed by atoms with Crippen LogP contribution in [0.1, 0.15) is 88.8 Å². The quantitative estimate of drug-likeness (QED) is 0.101. The van der Waals surface area contributed by atoms with Crippen molar-refractivity contribution in [3.63, 3.8) is 0 Å². The SMILES string of the molecule is Cc1ccc(C[C@@H](C)NC(=O)C(F)(F)F)cc1.Cc1ccc(C[C@@H](C)NC(=O)OC(C)(C)C)cc1.Cc1ccc(C[C@H](NC(=O)OC(C)(C)C)OC=O)cc1. The van der Waals surface area contributed by atoms with Crippen LogP contribution >= 0.6 is 0 Å². The summed E-state index contributed by atoms with van der Waals surface area (Å²) in [7, 11) is 0. The second kappa shape index (κ2) is 22.3. The summed E-state index contributed by atoms with van der Waals surface area (Å²) in [5.41, 5.74) is 5.48. The minimum absolute atomic E-state index is 0.0579. The molecule has 0 saturated heterocycles. The van der Waals surface area contributed by atoms with Crippen molar-refractivity contribution in [2.45, 2.75) is 131 Å². The Morgan fingerprint density at radius 2 is 0.909 bits per heavy atom. The minimum Gasteiger partial charge on any atom is -0.444 e. The summed E-state index contributed by atoms with van der Waals surface area (Å²) >= 11 is 0. The number of rotatable bonds is 11. The zero-order valence-electron chi connectivity index (χ0n) is 33.9. The molecule has 304 valence electrons. The molecular weight excluding hydrogens is 715 g/mol.